The maximum Gasteiger partial charge on any atom is 0.274 e. The summed E-state index contributed by atoms with van der Waals surface area (Å²) in [6.45, 7) is 1.81. The highest BCUT2D eigenvalue weighted by Gasteiger charge is 2.40. The molecule has 0 radical (unpaired) electrons. The lowest BCUT2D eigenvalue weighted by Gasteiger charge is -2.44. The number of hydrogen-bond acceptors (Lipinski definition) is 3. The monoisotopic (exact) mass is 434 g/mol. The van der Waals surface area contributed by atoms with Crippen LogP contribution in [-0.4, -0.2) is 22.4 Å². The standard InChI is InChI=1S/C20H20BrClN2O2/c21-16-5-1-3-13(10-16)11-23-12-14-7-8-18(23)20(22)19-15(9-14)4-2-6-17(19)24(25)26/h1-6,10,14,18,20H,7-9,11-12H2. The van der Waals surface area contributed by atoms with Gasteiger partial charge in [0, 0.05) is 29.7 Å². The minimum absolute atomic E-state index is 0.118. The van der Waals surface area contributed by atoms with Crippen molar-refractivity contribution < 1.29 is 4.92 Å². The lowest BCUT2D eigenvalue weighted by Crippen LogP contribution is -2.47. The zero-order valence-corrected chi connectivity index (χ0v) is 16.6. The van der Waals surface area contributed by atoms with Gasteiger partial charge in [-0.25, -0.2) is 0 Å². The molecule has 2 heterocycles. The first kappa shape index (κ1) is 18.0. The number of piperidine rings is 1. The third kappa shape index (κ3) is 3.40. The lowest BCUT2D eigenvalue weighted by atomic mass is 9.79. The van der Waals surface area contributed by atoms with Crippen molar-refractivity contribution in [3.8, 4) is 0 Å². The molecule has 3 aliphatic rings. The molecule has 136 valence electrons. The number of benzene rings is 2. The summed E-state index contributed by atoms with van der Waals surface area (Å²) in [4.78, 5) is 13.7. The van der Waals surface area contributed by atoms with Crippen LogP contribution in [0.25, 0.3) is 0 Å². The molecule has 2 bridgehead atoms. The van der Waals surface area contributed by atoms with Crippen LogP contribution < -0.4 is 0 Å². The summed E-state index contributed by atoms with van der Waals surface area (Å²) in [6.07, 6.45) is 2.98. The molecule has 26 heavy (non-hydrogen) atoms. The van der Waals surface area contributed by atoms with Crippen LogP contribution in [0.2, 0.25) is 0 Å². The fourth-order valence-corrected chi connectivity index (χ4v) is 5.44. The van der Waals surface area contributed by atoms with Crippen LogP contribution in [0.1, 0.15) is 34.9 Å². The Kier molecular flexibility index (Phi) is 5.04. The van der Waals surface area contributed by atoms with Gasteiger partial charge in [0.25, 0.3) is 5.69 Å². The Balaban J connectivity index is 1.70. The van der Waals surface area contributed by atoms with Gasteiger partial charge in [-0.1, -0.05) is 40.2 Å². The van der Waals surface area contributed by atoms with Gasteiger partial charge in [0.15, 0.2) is 0 Å². The molecule has 0 aromatic heterocycles. The van der Waals surface area contributed by atoms with Crippen LogP contribution in [0, 0.1) is 16.0 Å². The number of nitro groups is 1. The van der Waals surface area contributed by atoms with Crippen molar-refractivity contribution in [2.24, 2.45) is 5.92 Å². The van der Waals surface area contributed by atoms with Crippen LogP contribution in [0.4, 0.5) is 5.69 Å². The Morgan fingerprint density at radius 1 is 1.23 bits per heavy atom. The molecule has 2 aliphatic heterocycles. The van der Waals surface area contributed by atoms with Gasteiger partial charge in [-0.15, -0.1) is 11.6 Å². The number of alkyl halides is 1. The van der Waals surface area contributed by atoms with Crippen molar-refractivity contribution in [2.75, 3.05) is 6.54 Å². The van der Waals surface area contributed by atoms with E-state index in [4.69, 9.17) is 11.6 Å². The topological polar surface area (TPSA) is 46.4 Å². The number of nitrogens with zero attached hydrogens (tertiary/aromatic N) is 2. The Bertz CT molecular complexity index is 844. The molecule has 1 aliphatic carbocycles. The minimum atomic E-state index is -0.361. The van der Waals surface area contributed by atoms with E-state index < -0.39 is 0 Å². The molecular weight excluding hydrogens is 416 g/mol. The van der Waals surface area contributed by atoms with E-state index in [0.29, 0.717) is 5.92 Å². The minimum Gasteiger partial charge on any atom is -0.294 e. The summed E-state index contributed by atoms with van der Waals surface area (Å²) < 4.78 is 1.07. The summed E-state index contributed by atoms with van der Waals surface area (Å²) in [6, 6.07) is 13.8. The van der Waals surface area contributed by atoms with Crippen LogP contribution in [0.5, 0.6) is 0 Å². The highest BCUT2D eigenvalue weighted by atomic mass is 79.9. The van der Waals surface area contributed by atoms with Crippen LogP contribution in [0.3, 0.4) is 0 Å². The SMILES string of the molecule is O=[N+]([O-])c1cccc2c1C(Cl)C1CCC(C2)CN1Cc1cccc(Br)c1. The summed E-state index contributed by atoms with van der Waals surface area (Å²) in [7, 11) is 0. The van der Waals surface area contributed by atoms with Gasteiger partial charge in [-0.2, -0.15) is 0 Å². The van der Waals surface area contributed by atoms with Crippen LogP contribution in [0.15, 0.2) is 46.9 Å². The number of fused-ring (bicyclic) bond motifs is 2. The molecule has 1 saturated heterocycles. The molecule has 3 atom stereocenters. The smallest absolute Gasteiger partial charge is 0.274 e. The molecular formula is C20H20BrClN2O2. The van der Waals surface area contributed by atoms with E-state index in [9.17, 15) is 10.1 Å². The van der Waals surface area contributed by atoms with Gasteiger partial charge in [0.2, 0.25) is 0 Å². The number of rotatable bonds is 3. The summed E-state index contributed by atoms with van der Waals surface area (Å²) in [5.74, 6) is 0.517. The molecule has 0 saturated carbocycles. The quantitative estimate of drug-likeness (QED) is 0.365. The van der Waals surface area contributed by atoms with Gasteiger partial charge >= 0.3 is 0 Å². The predicted octanol–water partition coefficient (Wildman–Crippen LogP) is 5.47. The fraction of sp³-hybridized carbons (Fsp3) is 0.400. The summed E-state index contributed by atoms with van der Waals surface area (Å²) in [5, 5.41) is 11.2. The summed E-state index contributed by atoms with van der Waals surface area (Å²) >= 11 is 10.4. The van der Waals surface area contributed by atoms with Gasteiger partial charge in [0.1, 0.15) is 0 Å². The molecule has 0 N–H and O–H groups in total. The molecule has 5 rings (SSSR count). The number of halogens is 2. The van der Waals surface area contributed by atoms with E-state index in [0.717, 1.165) is 48.0 Å². The van der Waals surface area contributed by atoms with E-state index in [2.05, 4.69) is 33.0 Å². The number of hydrogen-bond donors (Lipinski definition) is 0. The molecule has 2 aromatic carbocycles. The van der Waals surface area contributed by atoms with E-state index >= 15 is 0 Å². The molecule has 6 heteroatoms. The van der Waals surface area contributed by atoms with E-state index in [1.54, 1.807) is 12.1 Å². The second kappa shape index (κ2) is 7.29. The van der Waals surface area contributed by atoms with Crippen LogP contribution in [-0.2, 0) is 13.0 Å². The highest BCUT2D eigenvalue weighted by Crippen LogP contribution is 2.44. The second-order valence-electron chi connectivity index (χ2n) is 7.28. The lowest BCUT2D eigenvalue weighted by molar-refractivity contribution is -0.385. The molecule has 0 spiro atoms. The van der Waals surface area contributed by atoms with Crippen molar-refractivity contribution in [1.29, 1.82) is 0 Å². The van der Waals surface area contributed by atoms with Gasteiger partial charge < -0.3 is 0 Å². The zero-order chi connectivity index (χ0) is 18.3. The first-order chi connectivity index (χ1) is 12.5. The summed E-state index contributed by atoms with van der Waals surface area (Å²) in [5.41, 5.74) is 3.18. The zero-order valence-electron chi connectivity index (χ0n) is 14.3. The van der Waals surface area contributed by atoms with Crippen molar-refractivity contribution in [3.05, 3.63) is 73.7 Å². The maximum absolute atomic E-state index is 11.6. The van der Waals surface area contributed by atoms with Crippen molar-refractivity contribution >= 4 is 33.2 Å². The Hall–Kier alpha value is -1.43. The van der Waals surface area contributed by atoms with Gasteiger partial charge in [-0.05, 0) is 48.4 Å². The average molecular weight is 436 g/mol. The van der Waals surface area contributed by atoms with E-state index in [1.165, 1.54) is 5.56 Å². The van der Waals surface area contributed by atoms with Crippen LogP contribution >= 0.6 is 27.5 Å². The Labute approximate surface area is 166 Å². The Morgan fingerprint density at radius 3 is 2.81 bits per heavy atom. The normalized spacial score (nSPS) is 25.4. The van der Waals surface area contributed by atoms with Gasteiger partial charge in [0.05, 0.1) is 15.9 Å². The molecule has 0 amide bonds. The molecule has 4 nitrogen and oxygen atoms in total. The third-order valence-electron chi connectivity index (χ3n) is 5.60. The second-order valence-corrected chi connectivity index (χ2v) is 8.67. The average Bonchev–Trinajstić information content (AvgIpc) is 2.60. The van der Waals surface area contributed by atoms with Crippen molar-refractivity contribution in [1.82, 2.24) is 4.90 Å². The fourth-order valence-electron chi connectivity index (χ4n) is 4.46. The van der Waals surface area contributed by atoms with E-state index in [1.807, 2.05) is 18.2 Å². The molecule has 3 unspecified atom stereocenters. The first-order valence-corrected chi connectivity index (χ1v) is 10.1. The van der Waals surface area contributed by atoms with Gasteiger partial charge in [-0.3, -0.25) is 15.0 Å². The number of nitro benzene ring substituents is 1. The first-order valence-electron chi connectivity index (χ1n) is 8.91. The molecule has 2 aromatic rings. The maximum atomic E-state index is 11.6. The van der Waals surface area contributed by atoms with E-state index in [-0.39, 0.29) is 22.0 Å². The Morgan fingerprint density at radius 2 is 2.04 bits per heavy atom. The molecule has 1 fully saturated rings. The van der Waals surface area contributed by atoms with Crippen molar-refractivity contribution in [3.63, 3.8) is 0 Å². The largest absolute Gasteiger partial charge is 0.294 e. The third-order valence-corrected chi connectivity index (χ3v) is 6.60. The predicted molar refractivity (Wildman–Crippen MR) is 106 cm³/mol. The van der Waals surface area contributed by atoms with Crippen molar-refractivity contribution in [2.45, 2.75) is 37.2 Å². The highest BCUT2D eigenvalue weighted by molar-refractivity contribution is 9.10.